The lowest BCUT2D eigenvalue weighted by atomic mass is 9.88. The molecule has 4 heterocycles. The molecule has 2 aliphatic rings. The van der Waals surface area contributed by atoms with Gasteiger partial charge in [0.25, 0.3) is 5.91 Å². The summed E-state index contributed by atoms with van der Waals surface area (Å²) < 4.78 is 61.9. The second-order valence-electron chi connectivity index (χ2n) is 9.30. The summed E-state index contributed by atoms with van der Waals surface area (Å²) in [7, 11) is -2.96. The van der Waals surface area contributed by atoms with Crippen molar-refractivity contribution in [3.05, 3.63) is 47.7 Å². The molecule has 0 bridgehead atoms. The maximum absolute atomic E-state index is 15.2. The van der Waals surface area contributed by atoms with E-state index in [0.29, 0.717) is 13.0 Å². The lowest BCUT2D eigenvalue weighted by molar-refractivity contribution is -0.0500. The molecular weight excluding hydrogens is 497 g/mol. The number of hydrogen-bond acceptors (Lipinski definition) is 8. The van der Waals surface area contributed by atoms with E-state index in [2.05, 4.69) is 29.4 Å². The van der Waals surface area contributed by atoms with E-state index in [4.69, 9.17) is 5.73 Å². The van der Waals surface area contributed by atoms with Crippen LogP contribution in [0.3, 0.4) is 0 Å². The molecule has 36 heavy (non-hydrogen) atoms. The largest absolute Gasteiger partial charge is 0.433 e. The number of carbonyl (C=O) groups is 1. The number of aliphatic imine (C=N–C) groups is 1. The maximum Gasteiger partial charge on any atom is 0.387 e. The van der Waals surface area contributed by atoms with E-state index in [1.807, 2.05) is 0 Å². The lowest BCUT2D eigenvalue weighted by Gasteiger charge is -2.45. The van der Waals surface area contributed by atoms with Gasteiger partial charge in [0, 0.05) is 6.54 Å². The fourth-order valence-electron chi connectivity index (χ4n) is 4.55. The summed E-state index contributed by atoms with van der Waals surface area (Å²) >= 11 is 0. The van der Waals surface area contributed by atoms with Gasteiger partial charge in [-0.2, -0.15) is 8.78 Å². The first-order chi connectivity index (χ1) is 16.9. The van der Waals surface area contributed by atoms with Crippen LogP contribution in [0.25, 0.3) is 0 Å². The monoisotopic (exact) mass is 524 g/mol. The summed E-state index contributed by atoms with van der Waals surface area (Å²) in [5.41, 5.74) is 4.69. The number of anilines is 1. The third kappa shape index (κ3) is 4.40. The van der Waals surface area contributed by atoms with Crippen LogP contribution in [0.2, 0.25) is 0 Å². The molecule has 3 N–H and O–H groups in total. The van der Waals surface area contributed by atoms with Gasteiger partial charge in [0.05, 0.1) is 21.2 Å². The Morgan fingerprint density at radius 3 is 2.64 bits per heavy atom. The standard InChI is InChI=1S/C23H27F3N6O3S/c1-22(2)20(27)32-23(3,16-6-4-5-11-29-36(16,22)34)18-14(24)8-10-17(30-18)31-19(33)15-9-7-13(12-28-15)35-21(25)26/h7-10,12,16,21H,4-6,11H2,1-3H3,(H2,27,32)(H,30,31,33)/t16-,23+,36+/m1/s1. The third-order valence-corrected chi connectivity index (χ3v) is 10.3. The highest BCUT2D eigenvalue weighted by Crippen LogP contribution is 2.46. The van der Waals surface area contributed by atoms with Crippen molar-refractivity contribution in [3.8, 4) is 5.75 Å². The van der Waals surface area contributed by atoms with Crippen molar-refractivity contribution in [2.24, 2.45) is 15.1 Å². The quantitative estimate of drug-likeness (QED) is 0.611. The van der Waals surface area contributed by atoms with Gasteiger partial charge in [0.15, 0.2) is 0 Å². The number of ether oxygens (including phenoxy) is 1. The topological polar surface area (TPSA) is 132 Å². The molecule has 194 valence electrons. The second-order valence-corrected chi connectivity index (χ2v) is 12.3. The number of aromatic nitrogens is 2. The Hall–Kier alpha value is -3.22. The lowest BCUT2D eigenvalue weighted by Crippen LogP contribution is -2.59. The Labute approximate surface area is 206 Å². The van der Waals surface area contributed by atoms with E-state index in [9.17, 15) is 17.8 Å². The van der Waals surface area contributed by atoms with Crippen molar-refractivity contribution >= 4 is 27.3 Å². The fraction of sp³-hybridized carbons (Fsp3) is 0.478. The molecule has 0 aliphatic carbocycles. The van der Waals surface area contributed by atoms with E-state index in [1.54, 1.807) is 20.8 Å². The van der Waals surface area contributed by atoms with Gasteiger partial charge in [0.2, 0.25) is 0 Å². The molecular formula is C23H27F3N6O3S. The molecule has 0 saturated carbocycles. The van der Waals surface area contributed by atoms with Crippen molar-refractivity contribution < 1.29 is 26.9 Å². The number of amidine groups is 1. The minimum atomic E-state index is -3.02. The zero-order valence-electron chi connectivity index (χ0n) is 20.0. The summed E-state index contributed by atoms with van der Waals surface area (Å²) in [5.74, 6) is -1.49. The second kappa shape index (κ2) is 9.34. The van der Waals surface area contributed by atoms with Crippen LogP contribution in [0.1, 0.15) is 56.2 Å². The number of amides is 1. The van der Waals surface area contributed by atoms with Crippen LogP contribution in [-0.2, 0) is 15.3 Å². The number of nitrogens with zero attached hydrogens (tertiary/aromatic N) is 4. The number of fused-ring (bicyclic) bond motifs is 1. The summed E-state index contributed by atoms with van der Waals surface area (Å²) in [6, 6.07) is 4.78. The SMILES string of the molecule is CC1(C)C(N)=N[C@](C)(c2nc(NC(=O)c3ccc(OC(F)F)cn3)ccc2F)[C@H]2CCCCN=[S@]21=O. The van der Waals surface area contributed by atoms with Crippen molar-refractivity contribution in [3.63, 3.8) is 0 Å². The smallest absolute Gasteiger partial charge is 0.387 e. The van der Waals surface area contributed by atoms with Gasteiger partial charge in [-0.15, -0.1) is 0 Å². The van der Waals surface area contributed by atoms with Gasteiger partial charge in [-0.3, -0.25) is 9.79 Å². The van der Waals surface area contributed by atoms with Gasteiger partial charge in [-0.1, -0.05) is 6.42 Å². The molecule has 0 fully saturated rings. The number of alkyl halides is 2. The number of hydrogen-bond donors (Lipinski definition) is 2. The van der Waals surface area contributed by atoms with Gasteiger partial charge in [-0.05, 0) is 57.9 Å². The van der Waals surface area contributed by atoms with Gasteiger partial charge in [-0.25, -0.2) is 22.9 Å². The molecule has 0 radical (unpaired) electrons. The van der Waals surface area contributed by atoms with Crippen LogP contribution >= 0.6 is 0 Å². The van der Waals surface area contributed by atoms with Crippen LogP contribution in [-0.4, -0.2) is 49.1 Å². The van der Waals surface area contributed by atoms with Crippen molar-refractivity contribution in [2.75, 3.05) is 11.9 Å². The molecule has 0 unspecified atom stereocenters. The summed E-state index contributed by atoms with van der Waals surface area (Å²) in [6.45, 7) is 2.51. The molecule has 4 rings (SSSR count). The van der Waals surface area contributed by atoms with Crippen LogP contribution in [0.15, 0.2) is 39.8 Å². The number of pyridine rings is 2. The normalized spacial score (nSPS) is 27.3. The zero-order chi connectivity index (χ0) is 26.3. The van der Waals surface area contributed by atoms with Crippen LogP contribution in [0.4, 0.5) is 19.0 Å². The number of nitrogens with one attached hydrogen (secondary N) is 1. The predicted molar refractivity (Wildman–Crippen MR) is 129 cm³/mol. The first-order valence-corrected chi connectivity index (χ1v) is 12.9. The predicted octanol–water partition coefficient (Wildman–Crippen LogP) is 3.85. The first-order valence-electron chi connectivity index (χ1n) is 11.3. The van der Waals surface area contributed by atoms with E-state index in [0.717, 1.165) is 25.1 Å². The van der Waals surface area contributed by atoms with E-state index in [1.165, 1.54) is 18.2 Å². The van der Waals surface area contributed by atoms with E-state index < -0.39 is 43.6 Å². The van der Waals surface area contributed by atoms with Crippen LogP contribution in [0.5, 0.6) is 5.75 Å². The summed E-state index contributed by atoms with van der Waals surface area (Å²) in [6.07, 6.45) is 2.97. The number of rotatable bonds is 5. The molecule has 0 saturated heterocycles. The minimum absolute atomic E-state index is 0.00277. The highest BCUT2D eigenvalue weighted by molar-refractivity contribution is 7.96. The Kier molecular flexibility index (Phi) is 6.71. The van der Waals surface area contributed by atoms with Crippen molar-refractivity contribution in [1.29, 1.82) is 0 Å². The fourth-order valence-corrected chi connectivity index (χ4v) is 7.78. The highest BCUT2D eigenvalue weighted by Gasteiger charge is 2.56. The molecule has 1 amide bonds. The molecule has 2 aromatic heterocycles. The molecule has 0 aromatic carbocycles. The third-order valence-electron chi connectivity index (χ3n) is 6.63. The Bertz CT molecular complexity index is 1320. The zero-order valence-corrected chi connectivity index (χ0v) is 20.8. The Balaban J connectivity index is 1.70. The summed E-state index contributed by atoms with van der Waals surface area (Å²) in [4.78, 5) is 25.4. The highest BCUT2D eigenvalue weighted by atomic mass is 32.2. The first kappa shape index (κ1) is 25.9. The molecule has 13 heteroatoms. The Morgan fingerprint density at radius 1 is 1.22 bits per heavy atom. The minimum Gasteiger partial charge on any atom is -0.433 e. The maximum atomic E-state index is 15.2. The average molecular weight is 525 g/mol. The number of halogens is 3. The van der Waals surface area contributed by atoms with Gasteiger partial charge >= 0.3 is 6.61 Å². The molecule has 2 aliphatic heterocycles. The van der Waals surface area contributed by atoms with Gasteiger partial charge in [0.1, 0.15) is 44.9 Å². The van der Waals surface area contributed by atoms with Crippen molar-refractivity contribution in [1.82, 2.24) is 9.97 Å². The van der Waals surface area contributed by atoms with E-state index in [-0.39, 0.29) is 28.8 Å². The van der Waals surface area contributed by atoms with Crippen LogP contribution < -0.4 is 15.8 Å². The molecule has 9 nitrogen and oxygen atoms in total. The molecule has 2 aromatic rings. The Morgan fingerprint density at radius 2 is 1.97 bits per heavy atom. The average Bonchev–Trinajstić information content (AvgIpc) is 3.02. The van der Waals surface area contributed by atoms with E-state index >= 15 is 4.39 Å². The van der Waals surface area contributed by atoms with Crippen LogP contribution in [0, 0.1) is 5.82 Å². The number of carbonyl (C=O) groups excluding carboxylic acids is 1. The van der Waals surface area contributed by atoms with Gasteiger partial charge < -0.3 is 15.8 Å². The molecule has 0 spiro atoms. The molecule has 3 atom stereocenters. The van der Waals surface area contributed by atoms with Crippen molar-refractivity contribution in [2.45, 2.75) is 62.2 Å². The summed E-state index contributed by atoms with van der Waals surface area (Å²) in [5, 5.41) is 1.87. The number of nitrogens with two attached hydrogens (primary N) is 1.